The summed E-state index contributed by atoms with van der Waals surface area (Å²) in [6, 6.07) is 14.0. The van der Waals surface area contributed by atoms with Gasteiger partial charge in [-0.05, 0) is 43.7 Å². The summed E-state index contributed by atoms with van der Waals surface area (Å²) in [6.07, 6.45) is 0.950. The van der Waals surface area contributed by atoms with Crippen molar-refractivity contribution in [2.45, 2.75) is 19.9 Å². The third-order valence-electron chi connectivity index (χ3n) is 3.58. The second-order valence-electron chi connectivity index (χ2n) is 5.00. The largest absolute Gasteiger partial charge is 0.494 e. The normalized spacial score (nSPS) is 10.3. The number of aromatic nitrogens is 1. The summed E-state index contributed by atoms with van der Waals surface area (Å²) >= 11 is 0. The Hall–Kier alpha value is -2.25. The summed E-state index contributed by atoms with van der Waals surface area (Å²) in [7, 11) is 1.92. The van der Waals surface area contributed by atoms with E-state index in [4.69, 9.17) is 10.00 Å². The van der Waals surface area contributed by atoms with Gasteiger partial charge < -0.3 is 14.6 Å². The maximum Gasteiger partial charge on any atom is 0.120 e. The van der Waals surface area contributed by atoms with Crippen molar-refractivity contribution in [3.63, 3.8) is 0 Å². The molecule has 2 rings (SSSR count). The van der Waals surface area contributed by atoms with E-state index in [1.54, 1.807) is 0 Å². The number of hydrogen-bond acceptors (Lipinski definition) is 3. The number of rotatable bonds is 7. The fraction of sp³-hybridized carbons (Fsp3) is 0.353. The fourth-order valence-electron chi connectivity index (χ4n) is 2.18. The van der Waals surface area contributed by atoms with E-state index in [-0.39, 0.29) is 0 Å². The molecule has 0 radical (unpaired) electrons. The molecule has 1 N–H and O–H groups in total. The van der Waals surface area contributed by atoms with Crippen LogP contribution in [0.1, 0.15) is 23.4 Å². The highest BCUT2D eigenvalue weighted by atomic mass is 16.5. The van der Waals surface area contributed by atoms with Gasteiger partial charge in [0.2, 0.25) is 0 Å². The van der Waals surface area contributed by atoms with Crippen LogP contribution in [0.5, 0.6) is 5.75 Å². The predicted molar refractivity (Wildman–Crippen MR) is 83.1 cm³/mol. The van der Waals surface area contributed by atoms with Gasteiger partial charge in [-0.15, -0.1) is 0 Å². The lowest BCUT2D eigenvalue weighted by atomic mass is 10.2. The zero-order valence-corrected chi connectivity index (χ0v) is 12.6. The SMILES string of the molecule is Cc1c(CNCCCOc2ccccc2)cc(C#N)n1C. The molecule has 1 heterocycles. The van der Waals surface area contributed by atoms with E-state index in [1.165, 1.54) is 5.56 Å². The molecule has 0 spiro atoms. The zero-order valence-electron chi connectivity index (χ0n) is 12.6. The lowest BCUT2D eigenvalue weighted by Gasteiger charge is -2.07. The summed E-state index contributed by atoms with van der Waals surface area (Å²) in [4.78, 5) is 0. The maximum absolute atomic E-state index is 9.00. The van der Waals surface area contributed by atoms with Crippen molar-refractivity contribution in [2.75, 3.05) is 13.2 Å². The van der Waals surface area contributed by atoms with Gasteiger partial charge in [-0.2, -0.15) is 5.26 Å². The summed E-state index contributed by atoms with van der Waals surface area (Å²) in [5.41, 5.74) is 3.02. The summed E-state index contributed by atoms with van der Waals surface area (Å²) in [5, 5.41) is 12.4. The van der Waals surface area contributed by atoms with Gasteiger partial charge in [0.1, 0.15) is 17.5 Å². The van der Waals surface area contributed by atoms with Gasteiger partial charge in [0.25, 0.3) is 0 Å². The van der Waals surface area contributed by atoms with E-state index in [9.17, 15) is 0 Å². The number of ether oxygens (including phenoxy) is 1. The molecule has 1 aromatic heterocycles. The molecule has 0 fully saturated rings. The Balaban J connectivity index is 1.67. The first-order valence-electron chi connectivity index (χ1n) is 7.16. The quantitative estimate of drug-likeness (QED) is 0.795. The molecule has 21 heavy (non-hydrogen) atoms. The van der Waals surface area contributed by atoms with Crippen LogP contribution >= 0.6 is 0 Å². The minimum Gasteiger partial charge on any atom is -0.494 e. The van der Waals surface area contributed by atoms with Crippen LogP contribution < -0.4 is 10.1 Å². The Bertz CT molecular complexity index is 611. The number of benzene rings is 1. The van der Waals surface area contributed by atoms with Gasteiger partial charge in [0, 0.05) is 19.3 Å². The molecule has 2 aromatic rings. The smallest absolute Gasteiger partial charge is 0.120 e. The second kappa shape index (κ2) is 7.51. The van der Waals surface area contributed by atoms with Crippen LogP contribution in [0.2, 0.25) is 0 Å². The maximum atomic E-state index is 9.00. The minimum absolute atomic E-state index is 0.703. The number of hydrogen-bond donors (Lipinski definition) is 1. The van der Waals surface area contributed by atoms with Crippen LogP contribution in [0.4, 0.5) is 0 Å². The highest BCUT2D eigenvalue weighted by Crippen LogP contribution is 2.13. The first kappa shape index (κ1) is 15.1. The summed E-state index contributed by atoms with van der Waals surface area (Å²) < 4.78 is 7.56. The molecule has 1 aromatic carbocycles. The number of nitriles is 1. The van der Waals surface area contributed by atoms with Gasteiger partial charge in [-0.25, -0.2) is 0 Å². The fourth-order valence-corrected chi connectivity index (χ4v) is 2.18. The molecule has 0 atom stereocenters. The third-order valence-corrected chi connectivity index (χ3v) is 3.58. The van der Waals surface area contributed by atoms with Crippen LogP contribution in [0, 0.1) is 18.3 Å². The van der Waals surface area contributed by atoms with Crippen molar-refractivity contribution < 1.29 is 4.74 Å². The van der Waals surface area contributed by atoms with Crippen molar-refractivity contribution >= 4 is 0 Å². The average molecular weight is 283 g/mol. The lowest BCUT2D eigenvalue weighted by Crippen LogP contribution is -2.17. The van der Waals surface area contributed by atoms with Crippen molar-refractivity contribution in [3.05, 3.63) is 53.3 Å². The Morgan fingerprint density at radius 3 is 2.71 bits per heavy atom. The van der Waals surface area contributed by atoms with Crippen LogP contribution in [0.3, 0.4) is 0 Å². The Morgan fingerprint density at radius 2 is 2.05 bits per heavy atom. The Labute approximate surface area is 126 Å². The van der Waals surface area contributed by atoms with Gasteiger partial charge in [0.15, 0.2) is 0 Å². The van der Waals surface area contributed by atoms with Gasteiger partial charge in [-0.3, -0.25) is 0 Å². The number of nitrogens with one attached hydrogen (secondary N) is 1. The first-order chi connectivity index (χ1) is 10.2. The Kier molecular flexibility index (Phi) is 5.42. The van der Waals surface area contributed by atoms with Crippen molar-refractivity contribution in [2.24, 2.45) is 7.05 Å². The Morgan fingerprint density at radius 1 is 1.29 bits per heavy atom. The number of nitrogens with zero attached hydrogens (tertiary/aromatic N) is 2. The molecule has 0 aliphatic rings. The molecule has 0 aliphatic carbocycles. The summed E-state index contributed by atoms with van der Waals surface area (Å²) in [6.45, 7) is 4.42. The molecular formula is C17H21N3O. The molecular weight excluding hydrogens is 262 g/mol. The van der Waals surface area contributed by atoms with Crippen LogP contribution in [-0.4, -0.2) is 17.7 Å². The average Bonchev–Trinajstić information content (AvgIpc) is 2.79. The highest BCUT2D eigenvalue weighted by molar-refractivity contribution is 5.34. The lowest BCUT2D eigenvalue weighted by molar-refractivity contribution is 0.308. The molecule has 0 saturated carbocycles. The molecule has 4 heteroatoms. The van der Waals surface area contributed by atoms with Crippen LogP contribution in [0.25, 0.3) is 0 Å². The molecule has 0 bridgehead atoms. The summed E-state index contributed by atoms with van der Waals surface area (Å²) in [5.74, 6) is 0.912. The molecule has 110 valence electrons. The van der Waals surface area contributed by atoms with E-state index < -0.39 is 0 Å². The monoisotopic (exact) mass is 283 g/mol. The topological polar surface area (TPSA) is 50.0 Å². The van der Waals surface area contributed by atoms with Crippen molar-refractivity contribution in [1.82, 2.24) is 9.88 Å². The number of para-hydroxylation sites is 1. The zero-order chi connectivity index (χ0) is 15.1. The van der Waals surface area contributed by atoms with Gasteiger partial charge in [0.05, 0.1) is 6.61 Å². The van der Waals surface area contributed by atoms with Crippen molar-refractivity contribution in [1.29, 1.82) is 5.26 Å². The molecule has 0 unspecified atom stereocenters. The highest BCUT2D eigenvalue weighted by Gasteiger charge is 2.07. The molecule has 0 amide bonds. The first-order valence-corrected chi connectivity index (χ1v) is 7.16. The molecule has 0 saturated heterocycles. The van der Waals surface area contributed by atoms with E-state index in [1.807, 2.05) is 54.9 Å². The van der Waals surface area contributed by atoms with Crippen molar-refractivity contribution in [3.8, 4) is 11.8 Å². The minimum atomic E-state index is 0.703. The van der Waals surface area contributed by atoms with Crippen LogP contribution in [0.15, 0.2) is 36.4 Å². The molecule has 4 nitrogen and oxygen atoms in total. The van der Waals surface area contributed by atoms with Gasteiger partial charge >= 0.3 is 0 Å². The molecule has 0 aliphatic heterocycles. The van der Waals surface area contributed by atoms with E-state index in [0.29, 0.717) is 12.3 Å². The third kappa shape index (κ3) is 4.11. The van der Waals surface area contributed by atoms with E-state index in [2.05, 4.69) is 11.4 Å². The standard InChI is InChI=1S/C17H21N3O/c1-14-15(11-16(12-18)20(14)2)13-19-9-6-10-21-17-7-4-3-5-8-17/h3-5,7-8,11,19H,6,9-10,13H2,1-2H3. The van der Waals surface area contributed by atoms with Gasteiger partial charge in [-0.1, -0.05) is 18.2 Å². The van der Waals surface area contributed by atoms with Crippen LogP contribution in [-0.2, 0) is 13.6 Å². The van der Waals surface area contributed by atoms with E-state index >= 15 is 0 Å². The van der Waals surface area contributed by atoms with E-state index in [0.717, 1.165) is 31.0 Å². The predicted octanol–water partition coefficient (Wildman–Crippen LogP) is 2.76. The second-order valence-corrected chi connectivity index (χ2v) is 5.00.